The van der Waals surface area contributed by atoms with Crippen LogP contribution in [0.3, 0.4) is 0 Å². The summed E-state index contributed by atoms with van der Waals surface area (Å²) in [5, 5.41) is 11.9. The Hall–Kier alpha value is -2.91. The van der Waals surface area contributed by atoms with E-state index in [-0.39, 0.29) is 22.8 Å². The van der Waals surface area contributed by atoms with E-state index in [4.69, 9.17) is 15.7 Å². The SMILES string of the molecule is CCOc1nc(C=O)cc(N)c1C#N.CNCc1ccc(C)cc1. The zero-order valence-corrected chi connectivity index (χ0v) is 14.2. The monoisotopic (exact) mass is 326 g/mol. The molecule has 0 bridgehead atoms. The Labute approximate surface area is 142 Å². The van der Waals surface area contributed by atoms with Crippen LogP contribution >= 0.6 is 0 Å². The quantitative estimate of drug-likeness (QED) is 0.819. The average molecular weight is 326 g/mol. The molecule has 0 amide bonds. The molecule has 126 valence electrons. The Bertz CT molecular complexity index is 706. The van der Waals surface area contributed by atoms with Gasteiger partial charge in [0, 0.05) is 6.54 Å². The minimum Gasteiger partial charge on any atom is -0.477 e. The number of nitrogens with one attached hydrogen (secondary N) is 1. The van der Waals surface area contributed by atoms with Crippen molar-refractivity contribution in [3.63, 3.8) is 0 Å². The Balaban J connectivity index is 0.000000254. The maximum Gasteiger partial charge on any atom is 0.234 e. The van der Waals surface area contributed by atoms with Crippen LogP contribution in [0.25, 0.3) is 0 Å². The van der Waals surface area contributed by atoms with Crippen molar-refractivity contribution in [3.8, 4) is 11.9 Å². The number of hydrogen-bond donors (Lipinski definition) is 2. The van der Waals surface area contributed by atoms with Crippen LogP contribution in [0.4, 0.5) is 5.69 Å². The normalized spacial score (nSPS) is 9.42. The first-order valence-corrected chi connectivity index (χ1v) is 7.54. The summed E-state index contributed by atoms with van der Waals surface area (Å²) in [6.45, 7) is 5.18. The van der Waals surface area contributed by atoms with Gasteiger partial charge in [0.25, 0.3) is 0 Å². The average Bonchev–Trinajstić information content (AvgIpc) is 2.58. The zero-order valence-electron chi connectivity index (χ0n) is 14.2. The van der Waals surface area contributed by atoms with Gasteiger partial charge in [-0.25, -0.2) is 4.98 Å². The lowest BCUT2D eigenvalue weighted by Crippen LogP contribution is -2.04. The number of nitrogen functional groups attached to an aromatic ring is 1. The summed E-state index contributed by atoms with van der Waals surface area (Å²) in [5.41, 5.74) is 8.72. The summed E-state index contributed by atoms with van der Waals surface area (Å²) in [6.07, 6.45) is 0.556. The van der Waals surface area contributed by atoms with Gasteiger partial charge in [0.15, 0.2) is 6.29 Å². The first-order valence-electron chi connectivity index (χ1n) is 7.54. The molecule has 6 nitrogen and oxygen atoms in total. The number of pyridine rings is 1. The minimum atomic E-state index is 0.108. The van der Waals surface area contributed by atoms with Crippen LogP contribution in [0, 0.1) is 18.3 Å². The molecule has 3 N–H and O–H groups in total. The molecule has 0 saturated carbocycles. The van der Waals surface area contributed by atoms with Crippen LogP contribution in [0.15, 0.2) is 30.3 Å². The van der Waals surface area contributed by atoms with E-state index in [1.807, 2.05) is 13.1 Å². The van der Waals surface area contributed by atoms with E-state index in [0.717, 1.165) is 6.54 Å². The summed E-state index contributed by atoms with van der Waals surface area (Å²) < 4.78 is 5.08. The maximum atomic E-state index is 10.5. The second kappa shape index (κ2) is 9.98. The van der Waals surface area contributed by atoms with Gasteiger partial charge in [-0.1, -0.05) is 29.8 Å². The van der Waals surface area contributed by atoms with Gasteiger partial charge in [-0.05, 0) is 32.5 Å². The van der Waals surface area contributed by atoms with Gasteiger partial charge in [0.1, 0.15) is 17.3 Å². The van der Waals surface area contributed by atoms with Crippen molar-refractivity contribution in [1.82, 2.24) is 10.3 Å². The molecule has 1 aromatic heterocycles. The first kappa shape index (κ1) is 19.1. The minimum absolute atomic E-state index is 0.108. The van der Waals surface area contributed by atoms with Crippen LogP contribution in [-0.4, -0.2) is 24.9 Å². The lowest BCUT2D eigenvalue weighted by atomic mass is 10.1. The molecule has 0 saturated heterocycles. The fraction of sp³-hybridized carbons (Fsp3) is 0.278. The summed E-state index contributed by atoms with van der Waals surface area (Å²) in [5.74, 6) is 0.108. The summed E-state index contributed by atoms with van der Waals surface area (Å²) in [4.78, 5) is 14.3. The number of anilines is 1. The Morgan fingerprint density at radius 1 is 1.38 bits per heavy atom. The topological polar surface area (TPSA) is 101 Å². The first-order chi connectivity index (χ1) is 11.5. The predicted octanol–water partition coefficient (Wildman–Crippen LogP) is 2.46. The van der Waals surface area contributed by atoms with Crippen molar-refractivity contribution in [2.45, 2.75) is 20.4 Å². The molecule has 1 heterocycles. The van der Waals surface area contributed by atoms with Crippen LogP contribution in [-0.2, 0) is 6.54 Å². The number of aldehydes is 1. The number of nitrogens with two attached hydrogens (primary N) is 1. The van der Waals surface area contributed by atoms with Gasteiger partial charge in [0.05, 0.1) is 12.3 Å². The third-order valence-electron chi connectivity index (χ3n) is 3.05. The number of benzene rings is 1. The van der Waals surface area contributed by atoms with Crippen LogP contribution in [0.5, 0.6) is 5.88 Å². The second-order valence-electron chi connectivity index (χ2n) is 5.00. The molecule has 0 atom stereocenters. The van der Waals surface area contributed by atoms with Crippen molar-refractivity contribution >= 4 is 12.0 Å². The number of hydrogen-bond acceptors (Lipinski definition) is 6. The lowest BCUT2D eigenvalue weighted by Gasteiger charge is -2.06. The fourth-order valence-electron chi connectivity index (χ4n) is 1.88. The van der Waals surface area contributed by atoms with Crippen molar-refractivity contribution in [2.75, 3.05) is 19.4 Å². The Kier molecular flexibility index (Phi) is 7.96. The molecule has 6 heteroatoms. The molecule has 0 radical (unpaired) electrons. The van der Waals surface area contributed by atoms with Gasteiger partial charge in [-0.2, -0.15) is 5.26 Å². The molecule has 0 fully saturated rings. The summed E-state index contributed by atoms with van der Waals surface area (Å²) in [7, 11) is 1.96. The van der Waals surface area contributed by atoms with Crippen molar-refractivity contribution < 1.29 is 9.53 Å². The van der Waals surface area contributed by atoms with E-state index in [1.165, 1.54) is 17.2 Å². The molecule has 0 unspecified atom stereocenters. The van der Waals surface area contributed by atoms with Crippen molar-refractivity contribution in [1.29, 1.82) is 5.26 Å². The number of ether oxygens (including phenoxy) is 1. The Morgan fingerprint density at radius 2 is 2.04 bits per heavy atom. The third kappa shape index (κ3) is 5.71. The predicted molar refractivity (Wildman–Crippen MR) is 93.9 cm³/mol. The van der Waals surface area contributed by atoms with Gasteiger partial charge in [0.2, 0.25) is 5.88 Å². The Morgan fingerprint density at radius 3 is 2.54 bits per heavy atom. The highest BCUT2D eigenvalue weighted by molar-refractivity contribution is 5.76. The number of aromatic nitrogens is 1. The number of nitriles is 1. The van der Waals surface area contributed by atoms with Crippen molar-refractivity contribution in [3.05, 3.63) is 52.7 Å². The lowest BCUT2D eigenvalue weighted by molar-refractivity contribution is 0.111. The van der Waals surface area contributed by atoms with Gasteiger partial charge in [-0.3, -0.25) is 4.79 Å². The number of nitrogens with zero attached hydrogens (tertiary/aromatic N) is 2. The van der Waals surface area contributed by atoms with Gasteiger partial charge < -0.3 is 15.8 Å². The highest BCUT2D eigenvalue weighted by atomic mass is 16.5. The number of carbonyl (C=O) groups is 1. The number of carbonyl (C=O) groups excluding carboxylic acids is 1. The molecule has 1 aromatic carbocycles. The highest BCUT2D eigenvalue weighted by Crippen LogP contribution is 2.21. The van der Waals surface area contributed by atoms with E-state index < -0.39 is 0 Å². The van der Waals surface area contributed by atoms with E-state index in [0.29, 0.717) is 12.9 Å². The largest absolute Gasteiger partial charge is 0.477 e. The number of aryl methyl sites for hydroxylation is 1. The molecule has 0 aliphatic heterocycles. The molecular weight excluding hydrogens is 304 g/mol. The zero-order chi connectivity index (χ0) is 17.9. The second-order valence-corrected chi connectivity index (χ2v) is 5.00. The molecule has 2 aromatic rings. The van der Waals surface area contributed by atoms with Crippen LogP contribution < -0.4 is 15.8 Å². The molecule has 0 spiro atoms. The van der Waals surface area contributed by atoms with Crippen LogP contribution in [0.2, 0.25) is 0 Å². The van der Waals surface area contributed by atoms with Crippen LogP contribution in [0.1, 0.15) is 34.1 Å². The molecular formula is C18H22N4O2. The fourth-order valence-corrected chi connectivity index (χ4v) is 1.88. The van der Waals surface area contributed by atoms with E-state index in [1.54, 1.807) is 6.92 Å². The van der Waals surface area contributed by atoms with E-state index >= 15 is 0 Å². The van der Waals surface area contributed by atoms with Gasteiger partial charge >= 0.3 is 0 Å². The molecule has 2 rings (SSSR count). The summed E-state index contributed by atoms with van der Waals surface area (Å²) in [6, 6.07) is 11.8. The molecule has 0 aliphatic carbocycles. The number of rotatable bonds is 5. The molecule has 0 aliphatic rings. The van der Waals surface area contributed by atoms with E-state index in [9.17, 15) is 4.79 Å². The van der Waals surface area contributed by atoms with E-state index in [2.05, 4.69) is 41.5 Å². The summed E-state index contributed by atoms with van der Waals surface area (Å²) >= 11 is 0. The highest BCUT2D eigenvalue weighted by Gasteiger charge is 2.10. The smallest absolute Gasteiger partial charge is 0.234 e. The standard InChI is InChI=1S/C9H9N3O2.C9H13N/c1-2-14-9-7(4-10)8(11)3-6(5-13)12-9;1-8-3-5-9(6-4-8)7-10-2/h3,5H,2H2,1H3,(H2,11,12);3-6,10H,7H2,1-2H3. The van der Waals surface area contributed by atoms with Crippen molar-refractivity contribution in [2.24, 2.45) is 0 Å². The third-order valence-corrected chi connectivity index (χ3v) is 3.05. The molecule has 24 heavy (non-hydrogen) atoms. The maximum absolute atomic E-state index is 10.5. The van der Waals surface area contributed by atoms with Gasteiger partial charge in [-0.15, -0.1) is 0 Å².